The van der Waals surface area contributed by atoms with Crippen LogP contribution in [0.5, 0.6) is 5.88 Å². The largest absolute Gasteiger partial charge is 0.494 e. The molecule has 0 spiro atoms. The van der Waals surface area contributed by atoms with Crippen LogP contribution < -0.4 is 11.2 Å². The second kappa shape index (κ2) is 5.28. The Kier molecular flexibility index (Phi) is 3.67. The van der Waals surface area contributed by atoms with Crippen LogP contribution >= 0.6 is 11.3 Å². The van der Waals surface area contributed by atoms with Crippen LogP contribution in [0, 0.1) is 10.1 Å². The van der Waals surface area contributed by atoms with Gasteiger partial charge in [0.1, 0.15) is 11.8 Å². The number of aliphatic imine (C=N–C) groups is 1. The number of nitro groups is 1. The van der Waals surface area contributed by atoms with Crippen molar-refractivity contribution in [2.45, 2.75) is 0 Å². The van der Waals surface area contributed by atoms with E-state index in [1.54, 1.807) is 0 Å². The normalized spacial score (nSPS) is 11.1. The van der Waals surface area contributed by atoms with Crippen molar-refractivity contribution in [2.24, 2.45) is 19.1 Å². The Bertz CT molecular complexity index is 862. The zero-order chi connectivity index (χ0) is 15.7. The zero-order valence-corrected chi connectivity index (χ0v) is 11.7. The van der Waals surface area contributed by atoms with E-state index in [0.717, 1.165) is 21.5 Å². The molecule has 0 bridgehead atoms. The van der Waals surface area contributed by atoms with Crippen molar-refractivity contribution < 1.29 is 10.0 Å². The van der Waals surface area contributed by atoms with E-state index in [4.69, 9.17) is 0 Å². The molecule has 0 aromatic carbocycles. The molecule has 110 valence electrons. The average molecular weight is 311 g/mol. The van der Waals surface area contributed by atoms with Crippen molar-refractivity contribution in [1.82, 2.24) is 14.1 Å². The lowest BCUT2D eigenvalue weighted by Gasteiger charge is -2.06. The maximum atomic E-state index is 11.9. The first-order valence-electron chi connectivity index (χ1n) is 5.46. The maximum absolute atomic E-state index is 11.9. The molecule has 0 unspecified atom stereocenters. The molecular weight excluding hydrogens is 302 g/mol. The highest BCUT2D eigenvalue weighted by molar-refractivity contribution is 7.18. The molecule has 2 aromatic heterocycles. The molecule has 2 rings (SSSR count). The van der Waals surface area contributed by atoms with Gasteiger partial charge in [-0.05, 0) is 11.3 Å². The third-order valence-electron chi connectivity index (χ3n) is 2.63. The summed E-state index contributed by atoms with van der Waals surface area (Å²) in [4.78, 5) is 40.8. The van der Waals surface area contributed by atoms with Crippen LogP contribution in [0.4, 0.5) is 10.1 Å². The van der Waals surface area contributed by atoms with Gasteiger partial charge in [0.25, 0.3) is 5.56 Å². The van der Waals surface area contributed by atoms with E-state index in [2.05, 4.69) is 9.98 Å². The van der Waals surface area contributed by atoms with Crippen molar-refractivity contribution in [1.29, 1.82) is 0 Å². The van der Waals surface area contributed by atoms with Crippen molar-refractivity contribution in [2.75, 3.05) is 0 Å². The molecule has 2 aromatic rings. The minimum atomic E-state index is -0.731. The van der Waals surface area contributed by atoms with E-state index in [0.29, 0.717) is 11.3 Å². The highest BCUT2D eigenvalue weighted by Gasteiger charge is 2.14. The molecule has 21 heavy (non-hydrogen) atoms. The van der Waals surface area contributed by atoms with E-state index < -0.39 is 22.1 Å². The van der Waals surface area contributed by atoms with E-state index >= 15 is 0 Å². The van der Waals surface area contributed by atoms with Crippen LogP contribution in [0.25, 0.3) is 0 Å². The molecule has 0 fully saturated rings. The molecular formula is C10H9N5O5S. The zero-order valence-electron chi connectivity index (χ0n) is 10.9. The van der Waals surface area contributed by atoms with Gasteiger partial charge in [-0.15, -0.1) is 0 Å². The topological polar surface area (TPSA) is 133 Å². The van der Waals surface area contributed by atoms with Crippen LogP contribution in [0.1, 0.15) is 5.56 Å². The number of nitrogens with zero attached hydrogens (tertiary/aromatic N) is 5. The Balaban J connectivity index is 2.48. The molecule has 0 saturated carbocycles. The van der Waals surface area contributed by atoms with Gasteiger partial charge < -0.3 is 5.11 Å². The van der Waals surface area contributed by atoms with E-state index in [9.17, 15) is 24.8 Å². The minimum Gasteiger partial charge on any atom is -0.494 e. The Labute approximate surface area is 120 Å². The number of aromatic nitrogens is 3. The van der Waals surface area contributed by atoms with Crippen molar-refractivity contribution >= 4 is 27.7 Å². The first kappa shape index (κ1) is 14.6. The smallest absolute Gasteiger partial charge is 0.345 e. The molecule has 0 aliphatic heterocycles. The van der Waals surface area contributed by atoms with Crippen LogP contribution in [-0.4, -0.2) is 30.4 Å². The Morgan fingerprint density at radius 2 is 2.10 bits per heavy atom. The molecule has 0 saturated heterocycles. The predicted octanol–water partition coefficient (Wildman–Crippen LogP) is -0.0951. The fourth-order valence-electron chi connectivity index (χ4n) is 1.49. The molecule has 0 amide bonds. The number of hydrogen-bond donors (Lipinski definition) is 1. The van der Waals surface area contributed by atoms with E-state index in [1.165, 1.54) is 14.1 Å². The number of hydrogen-bond acceptors (Lipinski definition) is 8. The second-order valence-corrected chi connectivity index (χ2v) is 4.93. The molecule has 0 aliphatic carbocycles. The SMILES string of the molecule is Cn1c(O)c(/C=N/c2ncc([N+](=O)[O-])s2)c(=O)n(C)c1=O. The summed E-state index contributed by atoms with van der Waals surface area (Å²) >= 11 is 0.716. The Hall–Kier alpha value is -2.82. The van der Waals surface area contributed by atoms with Gasteiger partial charge in [0.2, 0.25) is 11.0 Å². The summed E-state index contributed by atoms with van der Waals surface area (Å²) in [7, 11) is 2.55. The molecule has 10 nitrogen and oxygen atoms in total. The van der Waals surface area contributed by atoms with E-state index in [-0.39, 0.29) is 15.7 Å². The molecule has 1 N–H and O–H groups in total. The van der Waals surface area contributed by atoms with Gasteiger partial charge in [-0.1, -0.05) is 0 Å². The van der Waals surface area contributed by atoms with Crippen LogP contribution in [0.2, 0.25) is 0 Å². The molecule has 2 heterocycles. The Morgan fingerprint density at radius 1 is 1.43 bits per heavy atom. The third kappa shape index (κ3) is 2.58. The third-order valence-corrected chi connectivity index (χ3v) is 3.49. The molecule has 0 radical (unpaired) electrons. The minimum absolute atomic E-state index is 0.0528. The standard InChI is InChI=1S/C10H9N5O5S/c1-13-7(16)5(8(17)14(2)10(13)18)3-11-9-12-4-6(21-9)15(19)20/h3-4,16H,1-2H3/b11-3+. The first-order chi connectivity index (χ1) is 9.82. The van der Waals surface area contributed by atoms with Gasteiger partial charge in [-0.3, -0.25) is 24.0 Å². The van der Waals surface area contributed by atoms with Crippen molar-refractivity contribution in [3.8, 4) is 5.88 Å². The van der Waals surface area contributed by atoms with Gasteiger partial charge in [-0.2, -0.15) is 0 Å². The fourth-order valence-corrected chi connectivity index (χ4v) is 2.07. The van der Waals surface area contributed by atoms with E-state index in [1.807, 2.05) is 0 Å². The van der Waals surface area contributed by atoms with Gasteiger partial charge in [-0.25, -0.2) is 14.8 Å². The highest BCUT2D eigenvalue weighted by Crippen LogP contribution is 2.27. The lowest BCUT2D eigenvalue weighted by atomic mass is 10.3. The molecule has 0 aliphatic rings. The number of aromatic hydroxyl groups is 1. The van der Waals surface area contributed by atoms with Crippen molar-refractivity contribution in [3.63, 3.8) is 0 Å². The summed E-state index contributed by atoms with van der Waals surface area (Å²) in [5.74, 6) is -0.544. The Morgan fingerprint density at radius 3 is 2.67 bits per heavy atom. The van der Waals surface area contributed by atoms with Crippen LogP contribution in [0.15, 0.2) is 20.8 Å². The lowest BCUT2D eigenvalue weighted by molar-refractivity contribution is -0.380. The lowest BCUT2D eigenvalue weighted by Crippen LogP contribution is -2.38. The van der Waals surface area contributed by atoms with Gasteiger partial charge in [0, 0.05) is 20.3 Å². The summed E-state index contributed by atoms with van der Waals surface area (Å²) in [6.07, 6.45) is 2.05. The quantitative estimate of drug-likeness (QED) is 0.478. The highest BCUT2D eigenvalue weighted by atomic mass is 32.1. The summed E-state index contributed by atoms with van der Waals surface area (Å²) < 4.78 is 1.69. The predicted molar refractivity (Wildman–Crippen MR) is 74.6 cm³/mol. The summed E-state index contributed by atoms with van der Waals surface area (Å²) in [6, 6.07) is 0. The fraction of sp³-hybridized carbons (Fsp3) is 0.200. The van der Waals surface area contributed by atoms with Crippen LogP contribution in [0.3, 0.4) is 0 Å². The first-order valence-corrected chi connectivity index (χ1v) is 6.28. The number of rotatable bonds is 3. The summed E-state index contributed by atoms with van der Waals surface area (Å²) in [6.45, 7) is 0. The monoisotopic (exact) mass is 311 g/mol. The molecule has 0 atom stereocenters. The summed E-state index contributed by atoms with van der Waals surface area (Å²) in [5, 5.41) is 20.2. The van der Waals surface area contributed by atoms with Crippen molar-refractivity contribution in [3.05, 3.63) is 42.7 Å². The van der Waals surface area contributed by atoms with Gasteiger partial charge in [0.15, 0.2) is 0 Å². The van der Waals surface area contributed by atoms with Gasteiger partial charge in [0.05, 0.1) is 4.92 Å². The average Bonchev–Trinajstić information content (AvgIpc) is 2.92. The maximum Gasteiger partial charge on any atom is 0.345 e. The number of thiazole rings is 1. The second-order valence-electron chi connectivity index (χ2n) is 3.94. The summed E-state index contributed by atoms with van der Waals surface area (Å²) in [5.41, 5.74) is -1.62. The van der Waals surface area contributed by atoms with Crippen LogP contribution in [-0.2, 0) is 14.1 Å². The molecule has 11 heteroatoms. The van der Waals surface area contributed by atoms with Gasteiger partial charge >= 0.3 is 10.7 Å².